The van der Waals surface area contributed by atoms with E-state index in [1.54, 1.807) is 41.3 Å². The van der Waals surface area contributed by atoms with Gasteiger partial charge in [0.2, 0.25) is 0 Å². The Hall–Kier alpha value is -2.15. The van der Waals surface area contributed by atoms with Crippen LogP contribution in [0.2, 0.25) is 0 Å². The Bertz CT molecular complexity index is 731. The highest BCUT2D eigenvalue weighted by atomic mass is 19.1. The summed E-state index contributed by atoms with van der Waals surface area (Å²) in [7, 11) is 0. The summed E-state index contributed by atoms with van der Waals surface area (Å²) >= 11 is 0. The normalized spacial score (nSPS) is 18.2. The molecule has 2 unspecified atom stereocenters. The van der Waals surface area contributed by atoms with Crippen molar-refractivity contribution in [1.82, 2.24) is 9.80 Å². The van der Waals surface area contributed by atoms with Gasteiger partial charge in [-0.2, -0.15) is 0 Å². The molecule has 27 heavy (non-hydrogen) atoms. The van der Waals surface area contributed by atoms with Crippen molar-refractivity contribution < 1.29 is 13.6 Å². The number of piperazine rings is 1. The topological polar surface area (TPSA) is 49.6 Å². The lowest BCUT2D eigenvalue weighted by Gasteiger charge is -2.36. The van der Waals surface area contributed by atoms with Gasteiger partial charge >= 0.3 is 0 Å². The van der Waals surface area contributed by atoms with Crippen LogP contribution in [0.1, 0.15) is 22.3 Å². The molecule has 6 heteroatoms. The Kier molecular flexibility index (Phi) is 6.66. The molecule has 0 aliphatic carbocycles. The fraction of sp³-hybridized carbons (Fsp3) is 0.381. The molecule has 2 aromatic carbocycles. The van der Waals surface area contributed by atoms with Crippen molar-refractivity contribution in [3.05, 3.63) is 71.5 Å². The smallest absolute Gasteiger partial charge is 0.179 e. The van der Waals surface area contributed by atoms with Crippen LogP contribution in [0.5, 0.6) is 0 Å². The van der Waals surface area contributed by atoms with Gasteiger partial charge in [-0.25, -0.2) is 8.78 Å². The molecule has 0 spiro atoms. The summed E-state index contributed by atoms with van der Waals surface area (Å²) in [6, 6.07) is 14.4. The first-order valence-corrected chi connectivity index (χ1v) is 9.22. The van der Waals surface area contributed by atoms with E-state index in [1.807, 2.05) is 6.07 Å². The number of hydrogen-bond acceptors (Lipinski definition) is 4. The molecule has 0 radical (unpaired) electrons. The van der Waals surface area contributed by atoms with Crippen molar-refractivity contribution in [2.75, 3.05) is 26.2 Å². The highest BCUT2D eigenvalue weighted by molar-refractivity contribution is 5.99. The zero-order valence-electron chi connectivity index (χ0n) is 15.2. The summed E-state index contributed by atoms with van der Waals surface area (Å²) in [6.07, 6.45) is -1.24. The molecule has 4 nitrogen and oxygen atoms in total. The third kappa shape index (κ3) is 5.42. The third-order valence-corrected chi connectivity index (χ3v) is 4.97. The van der Waals surface area contributed by atoms with Crippen LogP contribution < -0.4 is 5.73 Å². The molecule has 144 valence electrons. The number of halogens is 2. The molecule has 0 saturated carbocycles. The van der Waals surface area contributed by atoms with Crippen molar-refractivity contribution in [2.45, 2.75) is 25.3 Å². The summed E-state index contributed by atoms with van der Waals surface area (Å²) < 4.78 is 27.6. The van der Waals surface area contributed by atoms with E-state index >= 15 is 0 Å². The number of alkyl halides is 1. The van der Waals surface area contributed by atoms with Gasteiger partial charge in [0, 0.05) is 44.7 Å². The number of carbonyl (C=O) groups excluding carboxylic acids is 1. The maximum Gasteiger partial charge on any atom is 0.179 e. The Morgan fingerprint density at radius 2 is 1.63 bits per heavy atom. The van der Waals surface area contributed by atoms with E-state index in [9.17, 15) is 13.6 Å². The van der Waals surface area contributed by atoms with E-state index in [-0.39, 0.29) is 18.0 Å². The average molecular weight is 373 g/mol. The fourth-order valence-electron chi connectivity index (χ4n) is 3.33. The Labute approximate surface area is 158 Å². The van der Waals surface area contributed by atoms with E-state index in [2.05, 4.69) is 4.90 Å². The molecule has 2 aromatic rings. The van der Waals surface area contributed by atoms with Gasteiger partial charge in [-0.15, -0.1) is 0 Å². The predicted molar refractivity (Wildman–Crippen MR) is 102 cm³/mol. The Morgan fingerprint density at radius 3 is 2.26 bits per heavy atom. The van der Waals surface area contributed by atoms with Crippen LogP contribution in [0.3, 0.4) is 0 Å². The molecule has 3 rings (SSSR count). The molecular weight excluding hydrogens is 348 g/mol. The molecule has 0 amide bonds. The SMILES string of the molecule is NC(CC(F)N1CCN(Cc2ccc(F)cc2)CC1)C(=O)c1ccccc1. The maximum atomic E-state index is 14.6. The summed E-state index contributed by atoms with van der Waals surface area (Å²) in [6.45, 7) is 3.32. The van der Waals surface area contributed by atoms with Crippen LogP contribution in [0.4, 0.5) is 8.78 Å². The summed E-state index contributed by atoms with van der Waals surface area (Å²) in [4.78, 5) is 16.2. The number of nitrogens with two attached hydrogens (primary N) is 1. The van der Waals surface area contributed by atoms with E-state index in [4.69, 9.17) is 5.73 Å². The number of Topliss-reactive ketones (excluding diaryl/α,β-unsaturated/α-hetero) is 1. The standard InChI is InChI=1S/C21H25F2N3O/c22-18-8-6-16(7-9-18)15-25-10-12-26(13-11-25)20(23)14-19(24)21(27)17-4-2-1-3-5-17/h1-9,19-20H,10-15,24H2. The molecule has 0 aromatic heterocycles. The van der Waals surface area contributed by atoms with E-state index in [1.165, 1.54) is 12.1 Å². The third-order valence-electron chi connectivity index (χ3n) is 4.97. The lowest BCUT2D eigenvalue weighted by atomic mass is 10.0. The van der Waals surface area contributed by atoms with Gasteiger partial charge in [-0.1, -0.05) is 42.5 Å². The minimum atomic E-state index is -1.24. The molecule has 1 aliphatic rings. The van der Waals surface area contributed by atoms with Gasteiger partial charge in [0.15, 0.2) is 12.1 Å². The van der Waals surface area contributed by atoms with Crippen molar-refractivity contribution in [3.8, 4) is 0 Å². The van der Waals surface area contributed by atoms with Gasteiger partial charge in [0.05, 0.1) is 6.04 Å². The monoisotopic (exact) mass is 373 g/mol. The summed E-state index contributed by atoms with van der Waals surface area (Å²) in [5.74, 6) is -0.474. The van der Waals surface area contributed by atoms with Crippen LogP contribution in [0.15, 0.2) is 54.6 Å². The van der Waals surface area contributed by atoms with Gasteiger partial charge in [-0.05, 0) is 17.7 Å². The number of benzene rings is 2. The predicted octanol–water partition coefficient (Wildman–Crippen LogP) is 2.84. The minimum absolute atomic E-state index is 0.00824. The summed E-state index contributed by atoms with van der Waals surface area (Å²) in [5, 5.41) is 0. The van der Waals surface area contributed by atoms with Gasteiger partial charge in [0.1, 0.15) is 5.82 Å². The van der Waals surface area contributed by atoms with Gasteiger partial charge in [-0.3, -0.25) is 14.6 Å². The zero-order chi connectivity index (χ0) is 19.2. The number of rotatable bonds is 7. The fourth-order valence-corrected chi connectivity index (χ4v) is 3.33. The molecule has 2 atom stereocenters. The van der Waals surface area contributed by atoms with Crippen molar-refractivity contribution in [1.29, 1.82) is 0 Å². The van der Waals surface area contributed by atoms with Crippen LogP contribution in [0, 0.1) is 5.82 Å². The molecule has 2 N–H and O–H groups in total. The molecule has 1 aliphatic heterocycles. The van der Waals surface area contributed by atoms with Crippen LogP contribution in [-0.4, -0.2) is 54.1 Å². The number of hydrogen-bond donors (Lipinski definition) is 1. The first-order valence-electron chi connectivity index (χ1n) is 9.22. The highest BCUT2D eigenvalue weighted by Gasteiger charge is 2.27. The van der Waals surface area contributed by atoms with Gasteiger partial charge < -0.3 is 5.73 Å². The average Bonchev–Trinajstić information content (AvgIpc) is 2.70. The van der Waals surface area contributed by atoms with Crippen molar-refractivity contribution >= 4 is 5.78 Å². The Balaban J connectivity index is 1.46. The zero-order valence-corrected chi connectivity index (χ0v) is 15.2. The van der Waals surface area contributed by atoms with Crippen LogP contribution in [-0.2, 0) is 6.54 Å². The van der Waals surface area contributed by atoms with Crippen molar-refractivity contribution in [2.24, 2.45) is 5.73 Å². The number of carbonyl (C=O) groups is 1. The quantitative estimate of drug-likeness (QED) is 0.599. The Morgan fingerprint density at radius 1 is 1.00 bits per heavy atom. The van der Waals surface area contributed by atoms with Crippen LogP contribution >= 0.6 is 0 Å². The molecular formula is C21H25F2N3O. The lowest BCUT2D eigenvalue weighted by molar-refractivity contribution is 0.0212. The minimum Gasteiger partial charge on any atom is -0.321 e. The number of nitrogens with zero attached hydrogens (tertiary/aromatic N) is 2. The lowest BCUT2D eigenvalue weighted by Crippen LogP contribution is -2.50. The van der Waals surface area contributed by atoms with E-state index in [0.29, 0.717) is 18.7 Å². The molecule has 1 saturated heterocycles. The van der Waals surface area contributed by atoms with Crippen LogP contribution in [0.25, 0.3) is 0 Å². The number of ketones is 1. The molecule has 1 fully saturated rings. The van der Waals surface area contributed by atoms with Crippen molar-refractivity contribution in [3.63, 3.8) is 0 Å². The second-order valence-corrected chi connectivity index (χ2v) is 6.95. The first-order chi connectivity index (χ1) is 13.0. The molecule has 0 bridgehead atoms. The molecule has 1 heterocycles. The maximum absolute atomic E-state index is 14.6. The van der Waals surface area contributed by atoms with Gasteiger partial charge in [0.25, 0.3) is 0 Å². The largest absolute Gasteiger partial charge is 0.321 e. The first kappa shape index (κ1) is 19.6. The second kappa shape index (κ2) is 9.17. The highest BCUT2D eigenvalue weighted by Crippen LogP contribution is 2.16. The van der Waals surface area contributed by atoms with E-state index in [0.717, 1.165) is 25.2 Å². The van der Waals surface area contributed by atoms with E-state index < -0.39 is 12.3 Å². The second-order valence-electron chi connectivity index (χ2n) is 6.95. The summed E-state index contributed by atoms with van der Waals surface area (Å²) in [5.41, 5.74) is 7.50.